The van der Waals surface area contributed by atoms with E-state index in [9.17, 15) is 19.2 Å². The molecule has 0 amide bonds. The Morgan fingerprint density at radius 1 is 0.528 bits per heavy atom. The number of hydrogen-bond acceptors (Lipinski definition) is 8. The fraction of sp³-hybridized carbons (Fsp3) is 0.286. The molecule has 0 aromatic heterocycles. The summed E-state index contributed by atoms with van der Waals surface area (Å²) in [6, 6.07) is 14.1. The maximum Gasteiger partial charge on any atom is 0.211 e. The second kappa shape index (κ2) is 9.41. The molecule has 0 radical (unpaired) electrons. The summed E-state index contributed by atoms with van der Waals surface area (Å²) in [6.07, 6.45) is 1.67. The van der Waals surface area contributed by atoms with Gasteiger partial charge >= 0.3 is 0 Å². The van der Waals surface area contributed by atoms with E-state index in [4.69, 9.17) is 0 Å². The Morgan fingerprint density at radius 3 is 1.19 bits per heavy atom. The van der Waals surface area contributed by atoms with Crippen molar-refractivity contribution >= 4 is 46.7 Å². The molecule has 0 N–H and O–H groups in total. The van der Waals surface area contributed by atoms with Crippen molar-refractivity contribution in [2.45, 2.75) is 12.8 Å². The molecule has 4 aliphatic rings. The summed E-state index contributed by atoms with van der Waals surface area (Å²) >= 11 is 2.92. The van der Waals surface area contributed by atoms with Crippen LogP contribution in [-0.4, -0.2) is 70.6 Å². The molecular weight excluding hydrogens is 492 g/mol. The van der Waals surface area contributed by atoms with Crippen molar-refractivity contribution < 1.29 is 19.2 Å². The Morgan fingerprint density at radius 2 is 0.861 bits per heavy atom. The van der Waals surface area contributed by atoms with Gasteiger partial charge in [-0.25, -0.2) is 0 Å². The van der Waals surface area contributed by atoms with Gasteiger partial charge in [-0.15, -0.1) is 23.5 Å². The van der Waals surface area contributed by atoms with Crippen LogP contribution < -0.4 is 0 Å². The first kappa shape index (κ1) is 23.3. The van der Waals surface area contributed by atoms with Crippen LogP contribution in [0.3, 0.4) is 0 Å². The maximum absolute atomic E-state index is 13.2. The highest BCUT2D eigenvalue weighted by molar-refractivity contribution is 8.04. The van der Waals surface area contributed by atoms with E-state index in [0.717, 1.165) is 39.0 Å². The van der Waals surface area contributed by atoms with Gasteiger partial charge in [-0.05, 0) is 24.3 Å². The highest BCUT2D eigenvalue weighted by Crippen LogP contribution is 2.39. The molecule has 0 spiro atoms. The molecule has 6 rings (SSSR count). The van der Waals surface area contributed by atoms with Gasteiger partial charge in [0.1, 0.15) is 11.4 Å². The summed E-state index contributed by atoms with van der Waals surface area (Å²) in [7, 11) is 0. The number of unbranched alkanes of at least 4 members (excludes halogenated alkanes) is 1. The van der Waals surface area contributed by atoms with Crippen LogP contribution in [0.1, 0.15) is 54.3 Å². The first-order valence-corrected chi connectivity index (χ1v) is 14.1. The predicted molar refractivity (Wildman–Crippen MR) is 142 cm³/mol. The van der Waals surface area contributed by atoms with Gasteiger partial charge in [0.15, 0.2) is 0 Å². The third kappa shape index (κ3) is 4.12. The van der Waals surface area contributed by atoms with E-state index in [2.05, 4.69) is 0 Å². The number of Topliss-reactive ketones (excluding diaryl/α,β-unsaturated/α-hetero) is 4. The molecule has 8 heteroatoms. The molecule has 2 aromatic carbocycles. The largest absolute Gasteiger partial charge is 0.364 e. The van der Waals surface area contributed by atoms with Crippen LogP contribution in [0, 0.1) is 0 Å². The smallest absolute Gasteiger partial charge is 0.211 e. The lowest BCUT2D eigenvalue weighted by molar-refractivity contribution is 0.0967. The lowest BCUT2D eigenvalue weighted by Crippen LogP contribution is -2.25. The van der Waals surface area contributed by atoms with Crippen LogP contribution in [0.4, 0.5) is 0 Å². The molecular formula is C28H24N2O4S2. The molecule has 2 aromatic rings. The first-order chi connectivity index (χ1) is 17.6. The summed E-state index contributed by atoms with van der Waals surface area (Å²) < 4.78 is 0. The molecule has 2 heterocycles. The number of carbonyl (C=O) groups is 4. The average molecular weight is 517 g/mol. The van der Waals surface area contributed by atoms with Gasteiger partial charge in [0, 0.05) is 48.4 Å². The predicted octanol–water partition coefficient (Wildman–Crippen LogP) is 4.45. The van der Waals surface area contributed by atoms with Crippen LogP contribution in [0.2, 0.25) is 0 Å². The zero-order valence-corrected chi connectivity index (χ0v) is 21.3. The van der Waals surface area contributed by atoms with E-state index in [1.54, 1.807) is 48.5 Å². The van der Waals surface area contributed by atoms with Crippen molar-refractivity contribution in [1.82, 2.24) is 9.80 Å². The minimum Gasteiger partial charge on any atom is -0.364 e. The van der Waals surface area contributed by atoms with Gasteiger partial charge in [0.05, 0.1) is 9.81 Å². The molecule has 2 fully saturated rings. The number of fused-ring (bicyclic) bond motifs is 2. The van der Waals surface area contributed by atoms with Gasteiger partial charge < -0.3 is 9.80 Å². The van der Waals surface area contributed by atoms with Crippen LogP contribution in [0.25, 0.3) is 0 Å². The Kier molecular flexibility index (Phi) is 6.09. The van der Waals surface area contributed by atoms with Gasteiger partial charge in [0.25, 0.3) is 0 Å². The summed E-state index contributed by atoms with van der Waals surface area (Å²) in [5, 5.41) is 0. The van der Waals surface area contributed by atoms with Gasteiger partial charge in [-0.1, -0.05) is 48.5 Å². The second-order valence-corrected chi connectivity index (χ2v) is 11.4. The number of ketones is 4. The Balaban J connectivity index is 1.10. The van der Waals surface area contributed by atoms with Crippen molar-refractivity contribution in [3.05, 3.63) is 92.0 Å². The summed E-state index contributed by atoms with van der Waals surface area (Å²) in [5.41, 5.74) is 3.07. The van der Waals surface area contributed by atoms with Crippen LogP contribution >= 0.6 is 23.5 Å². The molecule has 0 saturated carbocycles. The molecule has 0 atom stereocenters. The zero-order valence-electron chi connectivity index (χ0n) is 19.6. The Hall–Kier alpha value is -3.10. The van der Waals surface area contributed by atoms with E-state index in [-0.39, 0.29) is 23.1 Å². The van der Waals surface area contributed by atoms with E-state index >= 15 is 0 Å². The fourth-order valence-corrected chi connectivity index (χ4v) is 6.93. The highest BCUT2D eigenvalue weighted by Gasteiger charge is 2.39. The average Bonchev–Trinajstić information content (AvgIpc) is 3.82. The molecule has 2 saturated heterocycles. The number of benzene rings is 2. The van der Waals surface area contributed by atoms with Gasteiger partial charge in [-0.2, -0.15) is 0 Å². The second-order valence-electron chi connectivity index (χ2n) is 9.14. The lowest BCUT2D eigenvalue weighted by Gasteiger charge is -2.22. The van der Waals surface area contributed by atoms with Crippen LogP contribution in [-0.2, 0) is 0 Å². The summed E-state index contributed by atoms with van der Waals surface area (Å²) in [5.74, 6) is 1.17. The SMILES string of the molecule is O=C1C(SCCCCSC2=C(N3CC3)C(=O)c3ccccc3C2=O)=C(N2CC2)C(=O)c2ccccc21. The molecule has 0 unspecified atom stereocenters. The molecule has 6 nitrogen and oxygen atoms in total. The fourth-order valence-electron chi connectivity index (χ4n) is 4.62. The lowest BCUT2D eigenvalue weighted by atomic mass is 9.92. The minimum absolute atomic E-state index is 0.0592. The molecule has 182 valence electrons. The van der Waals surface area contributed by atoms with E-state index in [1.807, 2.05) is 9.80 Å². The Labute approximate surface area is 217 Å². The number of carbonyl (C=O) groups excluding carboxylic acids is 4. The number of nitrogens with zero attached hydrogens (tertiary/aromatic N) is 2. The molecule has 2 aliphatic heterocycles. The number of rotatable bonds is 9. The third-order valence-corrected chi connectivity index (χ3v) is 8.98. The number of hydrogen-bond donors (Lipinski definition) is 0. The van der Waals surface area contributed by atoms with Crippen molar-refractivity contribution in [2.24, 2.45) is 0 Å². The third-order valence-electron chi connectivity index (χ3n) is 6.66. The summed E-state index contributed by atoms with van der Waals surface area (Å²) in [6.45, 7) is 3.23. The van der Waals surface area contributed by atoms with Gasteiger partial charge in [0.2, 0.25) is 23.1 Å². The standard InChI is InChI=1S/C28H24N2O4S2/c31-23-17-7-1-3-9-19(17)25(33)27(21(23)29-11-12-29)35-15-5-6-16-36-28-22(30-13-14-30)24(32)18-8-2-4-10-20(18)26(28)34/h1-4,7-10H,5-6,11-16H2. The number of thioether (sulfide) groups is 2. The Bertz CT molecular complexity index is 1280. The van der Waals surface area contributed by atoms with Crippen molar-refractivity contribution in [3.8, 4) is 0 Å². The van der Waals surface area contributed by atoms with E-state index < -0.39 is 0 Å². The molecule has 0 bridgehead atoms. The van der Waals surface area contributed by atoms with Crippen molar-refractivity contribution in [2.75, 3.05) is 37.7 Å². The summed E-state index contributed by atoms with van der Waals surface area (Å²) in [4.78, 5) is 57.5. The topological polar surface area (TPSA) is 74.3 Å². The van der Waals surface area contributed by atoms with Crippen molar-refractivity contribution in [3.63, 3.8) is 0 Å². The van der Waals surface area contributed by atoms with Crippen LogP contribution in [0.5, 0.6) is 0 Å². The van der Waals surface area contributed by atoms with E-state index in [0.29, 0.717) is 55.0 Å². The maximum atomic E-state index is 13.2. The molecule has 2 aliphatic carbocycles. The highest BCUT2D eigenvalue weighted by atomic mass is 32.2. The monoisotopic (exact) mass is 516 g/mol. The normalized spacial score (nSPS) is 18.7. The zero-order chi connectivity index (χ0) is 24.8. The minimum atomic E-state index is -0.0651. The number of allylic oxidation sites excluding steroid dienone is 4. The van der Waals surface area contributed by atoms with Gasteiger partial charge in [-0.3, -0.25) is 19.2 Å². The molecule has 36 heavy (non-hydrogen) atoms. The van der Waals surface area contributed by atoms with Crippen LogP contribution in [0.15, 0.2) is 69.7 Å². The van der Waals surface area contributed by atoms with Crippen molar-refractivity contribution in [1.29, 1.82) is 0 Å². The quantitative estimate of drug-likeness (QED) is 0.358. The first-order valence-electron chi connectivity index (χ1n) is 12.2. The van der Waals surface area contributed by atoms with E-state index in [1.165, 1.54) is 23.5 Å².